The van der Waals surface area contributed by atoms with Crippen molar-refractivity contribution in [3.63, 3.8) is 0 Å². The third-order valence-electron chi connectivity index (χ3n) is 7.41. The fraction of sp³-hybridized carbons (Fsp3) is 0.172. The number of hydrogen-bond acceptors (Lipinski definition) is 8. The molecule has 4 aromatic rings. The van der Waals surface area contributed by atoms with E-state index < -0.39 is 68.6 Å². The van der Waals surface area contributed by atoms with Crippen molar-refractivity contribution >= 4 is 73.8 Å². The lowest BCUT2D eigenvalue weighted by Crippen LogP contribution is -2.33. The molecule has 0 saturated carbocycles. The van der Waals surface area contributed by atoms with Crippen LogP contribution in [-0.4, -0.2) is 32.5 Å². The number of nitro groups is 1. The number of para-hydroxylation sites is 1. The quantitative estimate of drug-likeness (QED) is 0.146. The minimum absolute atomic E-state index is 0.142. The second-order valence-electron chi connectivity index (χ2n) is 10.1. The second-order valence-corrected chi connectivity index (χ2v) is 13.1. The van der Waals surface area contributed by atoms with Crippen LogP contribution in [0.2, 0.25) is 0 Å². The van der Waals surface area contributed by atoms with Crippen LogP contribution in [0.1, 0.15) is 21.9 Å². The Hall–Kier alpha value is -4.28. The van der Waals surface area contributed by atoms with Gasteiger partial charge in [0.25, 0.3) is 5.69 Å². The maximum Gasteiger partial charge on any atom is 0.418 e. The molecule has 3 atom stereocenters. The van der Waals surface area contributed by atoms with Gasteiger partial charge in [0, 0.05) is 27.4 Å². The van der Waals surface area contributed by atoms with E-state index in [1.54, 1.807) is 24.3 Å². The zero-order valence-corrected chi connectivity index (χ0v) is 25.7. The Labute approximate surface area is 268 Å². The summed E-state index contributed by atoms with van der Waals surface area (Å²) in [5, 5.41) is 12.6. The first-order chi connectivity index (χ1) is 21.3. The van der Waals surface area contributed by atoms with Crippen LogP contribution in [0, 0.1) is 16.0 Å². The van der Waals surface area contributed by atoms with Gasteiger partial charge in [-0.15, -0.1) is 0 Å². The highest BCUT2D eigenvalue weighted by Crippen LogP contribution is 2.54. The van der Waals surface area contributed by atoms with Crippen molar-refractivity contribution in [2.24, 2.45) is 5.92 Å². The van der Waals surface area contributed by atoms with E-state index in [4.69, 9.17) is 0 Å². The van der Waals surface area contributed by atoms with E-state index in [-0.39, 0.29) is 16.4 Å². The standard InChI is InChI=1S/C29H18BrF3N4O6S2/c30-15-7-5-14(6-8-15)21-22-23(26(40)36(25(22)39)16-9-11-17(12-10-16)37(42)43)44-27-24(21)45-28(41)35(27)13-20(38)34-19-4-2-1-3-18(19)29(31,32)33/h1-12,21-23H,13H2,(H,34,38). The van der Waals surface area contributed by atoms with E-state index in [0.29, 0.717) is 10.4 Å². The largest absolute Gasteiger partial charge is 0.418 e. The molecule has 0 spiro atoms. The lowest BCUT2D eigenvalue weighted by atomic mass is 9.83. The Morgan fingerprint density at radius 3 is 2.29 bits per heavy atom. The molecule has 0 bridgehead atoms. The van der Waals surface area contributed by atoms with Crippen LogP contribution in [0.15, 0.2) is 87.1 Å². The number of alkyl halides is 3. The summed E-state index contributed by atoms with van der Waals surface area (Å²) in [6, 6.07) is 16.4. The summed E-state index contributed by atoms with van der Waals surface area (Å²) in [5.74, 6) is -3.78. The number of imide groups is 1. The Morgan fingerprint density at radius 2 is 1.64 bits per heavy atom. The molecule has 230 valence electrons. The molecule has 0 aliphatic carbocycles. The number of thioether (sulfide) groups is 1. The predicted molar refractivity (Wildman–Crippen MR) is 163 cm³/mol. The number of thiazole rings is 1. The van der Waals surface area contributed by atoms with Gasteiger partial charge >= 0.3 is 11.0 Å². The summed E-state index contributed by atoms with van der Waals surface area (Å²) in [5.41, 5.74) is -0.975. The van der Waals surface area contributed by atoms with Crippen LogP contribution in [0.5, 0.6) is 0 Å². The molecule has 6 rings (SSSR count). The van der Waals surface area contributed by atoms with E-state index in [0.717, 1.165) is 49.2 Å². The molecule has 3 amide bonds. The van der Waals surface area contributed by atoms with Gasteiger partial charge in [-0.3, -0.25) is 33.9 Å². The Morgan fingerprint density at radius 1 is 0.978 bits per heavy atom. The van der Waals surface area contributed by atoms with E-state index in [1.165, 1.54) is 36.4 Å². The smallest absolute Gasteiger partial charge is 0.324 e. The molecule has 10 nitrogen and oxygen atoms in total. The van der Waals surface area contributed by atoms with E-state index in [9.17, 15) is 42.5 Å². The normalized spacial score (nSPS) is 19.3. The Kier molecular flexibility index (Phi) is 7.91. The van der Waals surface area contributed by atoms with Gasteiger partial charge < -0.3 is 5.32 Å². The average Bonchev–Trinajstić information content (AvgIpc) is 3.43. The lowest BCUT2D eigenvalue weighted by Gasteiger charge is -2.30. The van der Waals surface area contributed by atoms with Gasteiger partial charge in [0.1, 0.15) is 11.8 Å². The first-order valence-corrected chi connectivity index (χ1v) is 15.6. The van der Waals surface area contributed by atoms with Crippen LogP contribution in [0.25, 0.3) is 0 Å². The van der Waals surface area contributed by atoms with Crippen LogP contribution < -0.4 is 15.1 Å². The summed E-state index contributed by atoms with van der Waals surface area (Å²) in [7, 11) is 0. The number of carbonyl (C=O) groups excluding carboxylic acids is 3. The molecule has 16 heteroatoms. The number of anilines is 2. The first kappa shape index (κ1) is 30.7. The maximum absolute atomic E-state index is 13.9. The van der Waals surface area contributed by atoms with Crippen molar-refractivity contribution in [3.05, 3.63) is 113 Å². The number of fused-ring (bicyclic) bond motifs is 2. The van der Waals surface area contributed by atoms with Gasteiger partial charge in [0.05, 0.1) is 32.8 Å². The van der Waals surface area contributed by atoms with Gasteiger partial charge in [-0.05, 0) is 42.0 Å². The number of nitrogens with one attached hydrogen (secondary N) is 1. The minimum Gasteiger partial charge on any atom is -0.324 e. The summed E-state index contributed by atoms with van der Waals surface area (Å²) in [4.78, 5) is 65.4. The van der Waals surface area contributed by atoms with Gasteiger partial charge in [0.15, 0.2) is 0 Å². The topological polar surface area (TPSA) is 132 Å². The monoisotopic (exact) mass is 718 g/mol. The zero-order chi connectivity index (χ0) is 32.2. The van der Waals surface area contributed by atoms with Crippen molar-refractivity contribution in [2.45, 2.75) is 28.9 Å². The van der Waals surface area contributed by atoms with Crippen molar-refractivity contribution in [1.82, 2.24) is 4.57 Å². The molecule has 45 heavy (non-hydrogen) atoms. The zero-order valence-electron chi connectivity index (χ0n) is 22.5. The molecular formula is C29H18BrF3N4O6S2. The number of nitro benzene ring substituents is 1. The number of carbonyl (C=O) groups is 3. The molecule has 1 N–H and O–H groups in total. The van der Waals surface area contributed by atoms with Crippen molar-refractivity contribution < 1.29 is 32.5 Å². The summed E-state index contributed by atoms with van der Waals surface area (Å²) >= 11 is 5.10. The fourth-order valence-corrected chi connectivity index (χ4v) is 8.47. The number of aromatic nitrogens is 1. The average molecular weight is 720 g/mol. The van der Waals surface area contributed by atoms with Crippen molar-refractivity contribution in [1.29, 1.82) is 0 Å². The molecule has 2 aliphatic heterocycles. The van der Waals surface area contributed by atoms with Crippen molar-refractivity contribution in [3.8, 4) is 0 Å². The highest BCUT2D eigenvalue weighted by molar-refractivity contribution is 9.10. The van der Waals surface area contributed by atoms with Crippen LogP contribution in [0.3, 0.4) is 0 Å². The second kappa shape index (κ2) is 11.6. The van der Waals surface area contributed by atoms with E-state index >= 15 is 0 Å². The molecule has 3 aromatic carbocycles. The van der Waals surface area contributed by atoms with Gasteiger partial charge in [-0.25, -0.2) is 4.90 Å². The molecular weight excluding hydrogens is 701 g/mol. The number of rotatable bonds is 6. The Balaban J connectivity index is 1.39. The van der Waals surface area contributed by atoms with E-state index in [2.05, 4.69) is 21.2 Å². The molecule has 0 radical (unpaired) electrons. The minimum atomic E-state index is -4.73. The number of halogens is 4. The third-order valence-corrected chi connectivity index (χ3v) is 10.5. The van der Waals surface area contributed by atoms with Crippen LogP contribution in [0.4, 0.5) is 30.2 Å². The number of nitrogens with zero attached hydrogens (tertiary/aromatic N) is 3. The Bertz CT molecular complexity index is 1930. The predicted octanol–water partition coefficient (Wildman–Crippen LogP) is 6.03. The molecule has 3 unspecified atom stereocenters. The first-order valence-electron chi connectivity index (χ1n) is 13.1. The number of amides is 3. The van der Waals surface area contributed by atoms with Gasteiger partial charge in [-0.1, -0.05) is 63.3 Å². The number of benzene rings is 3. The van der Waals surface area contributed by atoms with Crippen LogP contribution >= 0.6 is 39.0 Å². The third kappa shape index (κ3) is 5.57. The van der Waals surface area contributed by atoms with Gasteiger partial charge in [-0.2, -0.15) is 13.2 Å². The molecule has 1 aromatic heterocycles. The van der Waals surface area contributed by atoms with Gasteiger partial charge in [0.2, 0.25) is 17.7 Å². The lowest BCUT2D eigenvalue weighted by molar-refractivity contribution is -0.384. The summed E-state index contributed by atoms with van der Waals surface area (Å²) < 4.78 is 42.3. The molecule has 3 heterocycles. The molecule has 2 aliphatic rings. The SMILES string of the molecule is O=C(Cn1c2c(sc1=O)C(c1ccc(Br)cc1)C1C(=O)N(c3ccc([N+](=O)[O-])cc3)C(=O)C1S2)Nc1ccccc1C(F)(F)F. The van der Waals surface area contributed by atoms with Crippen LogP contribution in [-0.2, 0) is 27.1 Å². The number of hydrogen-bond donors (Lipinski definition) is 1. The highest BCUT2D eigenvalue weighted by Gasteiger charge is 2.57. The maximum atomic E-state index is 13.9. The molecule has 1 fully saturated rings. The van der Waals surface area contributed by atoms with E-state index in [1.807, 2.05) is 0 Å². The molecule has 1 saturated heterocycles. The fourth-order valence-electron chi connectivity index (χ4n) is 5.44. The summed E-state index contributed by atoms with van der Waals surface area (Å²) in [6.07, 6.45) is -4.73. The summed E-state index contributed by atoms with van der Waals surface area (Å²) in [6.45, 7) is -0.636. The highest BCUT2D eigenvalue weighted by atomic mass is 79.9. The van der Waals surface area contributed by atoms with Crippen molar-refractivity contribution in [2.75, 3.05) is 10.2 Å². The number of non-ortho nitro benzene ring substituents is 1.